The molecule has 0 saturated heterocycles. The van der Waals surface area contributed by atoms with Gasteiger partial charge in [-0.3, -0.25) is 0 Å². The summed E-state index contributed by atoms with van der Waals surface area (Å²) in [6.45, 7) is 0. The van der Waals surface area contributed by atoms with E-state index in [1.54, 1.807) is 0 Å². The summed E-state index contributed by atoms with van der Waals surface area (Å²) in [6.07, 6.45) is 0. The zero-order valence-electron chi connectivity index (χ0n) is 5.83. The molecule has 0 heterocycles. The quantitative estimate of drug-likeness (QED) is 0.308. The zero-order chi connectivity index (χ0) is 0. The zero-order valence-corrected chi connectivity index (χ0v) is 13.9. The summed E-state index contributed by atoms with van der Waals surface area (Å²) in [6, 6.07) is 0. The molecule has 0 N–H and O–H groups in total. The molecular formula is H12AgAlCaNaOPSiZn. The molecule has 0 aliphatic carbocycles. The van der Waals surface area contributed by atoms with Gasteiger partial charge in [0.2, 0.25) is 0 Å². The van der Waals surface area contributed by atoms with E-state index in [0.717, 1.165) is 0 Å². The molecule has 0 rings (SSSR count). The fourth-order valence-electron chi connectivity index (χ4n) is 0. The molecule has 1 nitrogen and oxygen atoms in total. The molecule has 0 aromatic heterocycles. The van der Waals surface area contributed by atoms with Crippen LogP contribution >= 0.6 is 9.90 Å². The first-order valence-corrected chi connectivity index (χ1v) is 0. The van der Waals surface area contributed by atoms with Crippen LogP contribution in [0.2, 0.25) is 0 Å². The molecular weight excluding hydrogens is 338 g/mol. The molecule has 46 valence electrons. The van der Waals surface area contributed by atoms with Gasteiger partial charge >= 0.3 is 89.7 Å². The summed E-state index contributed by atoms with van der Waals surface area (Å²) in [7, 11) is 0. The topological polar surface area (TPSA) is 28.5 Å². The number of rotatable bonds is 0. The fourth-order valence-corrected chi connectivity index (χ4v) is 0. The second-order valence-corrected chi connectivity index (χ2v) is 0. The molecule has 0 amide bonds. The normalized spacial score (nSPS) is 0. The van der Waals surface area contributed by atoms with Gasteiger partial charge in [-0.2, -0.15) is 9.90 Å². The van der Waals surface area contributed by atoms with Gasteiger partial charge in [-0.05, 0) is 11.0 Å². The van der Waals surface area contributed by atoms with E-state index >= 15 is 0 Å². The third-order valence-electron chi connectivity index (χ3n) is 0. The van der Waals surface area contributed by atoms with Crippen LogP contribution in [0.4, 0.5) is 0 Å². The Balaban J connectivity index is 0. The Bertz CT molecular complexity index is 31.2. The maximum Gasteiger partial charge on any atom is 2.00 e. The van der Waals surface area contributed by atoms with Crippen molar-refractivity contribution in [1.82, 2.24) is 0 Å². The Morgan fingerprint density at radius 3 is 1.12 bits per heavy atom. The van der Waals surface area contributed by atoms with Crippen molar-refractivity contribution in [2.45, 2.75) is 0 Å². The second kappa shape index (κ2) is 60.1. The maximum atomic E-state index is 0. The van der Waals surface area contributed by atoms with Crippen molar-refractivity contribution in [3.05, 3.63) is 0 Å². The predicted octanol–water partition coefficient (Wildman–Crippen LogP) is -5.85. The Hall–Kier alpha value is 4.76. The minimum absolute atomic E-state index is 0. The smallest absolute Gasteiger partial charge is 2.00 e. The van der Waals surface area contributed by atoms with E-state index in [9.17, 15) is 0 Å². The van der Waals surface area contributed by atoms with Gasteiger partial charge in [0.25, 0.3) is 0 Å². The third-order valence-corrected chi connectivity index (χ3v) is 0. The largest absolute Gasteiger partial charge is 2.00 e. The van der Waals surface area contributed by atoms with Crippen molar-refractivity contribution in [2.75, 3.05) is 0 Å². The second-order valence-electron chi connectivity index (χ2n) is 0. The standard InChI is InChI=1S/Ag.Al.Ca.Na.O.H3P.H4Si.Zn.5H/h;;;;;1H3;1H4;;;;;;/q+1;;+2;+1;-2;;;;;;;2*-1. The minimum Gasteiger partial charge on any atom is -2.00 e. The van der Waals surface area contributed by atoms with Crippen LogP contribution < -0.4 is 29.6 Å². The molecule has 0 aliphatic heterocycles. The van der Waals surface area contributed by atoms with E-state index in [0.29, 0.717) is 0 Å². The van der Waals surface area contributed by atoms with Crippen LogP contribution in [0, 0.1) is 0 Å². The van der Waals surface area contributed by atoms with Crippen LogP contribution in [0.15, 0.2) is 0 Å². The van der Waals surface area contributed by atoms with Gasteiger partial charge < -0.3 is 8.33 Å². The molecule has 0 aromatic rings. The Morgan fingerprint density at radius 1 is 1.12 bits per heavy atom. The Kier molecular flexibility index (Phi) is 585. The molecule has 0 radical (unpaired) electrons. The van der Waals surface area contributed by atoms with Crippen molar-refractivity contribution < 1.29 is 79.7 Å². The molecule has 0 aliphatic rings. The van der Waals surface area contributed by atoms with Crippen molar-refractivity contribution in [2.24, 2.45) is 0 Å². The van der Waals surface area contributed by atoms with E-state index in [1.807, 2.05) is 0 Å². The van der Waals surface area contributed by atoms with E-state index in [4.69, 9.17) is 0 Å². The first-order valence-electron chi connectivity index (χ1n) is 0. The molecule has 1 unspecified atom stereocenters. The van der Waals surface area contributed by atoms with Gasteiger partial charge in [-0.25, -0.2) is 0 Å². The average molecular weight is 350 g/mol. The van der Waals surface area contributed by atoms with Crippen molar-refractivity contribution in [3.63, 3.8) is 0 Å². The molecule has 8 heavy (non-hydrogen) atoms. The summed E-state index contributed by atoms with van der Waals surface area (Å²) in [5.41, 5.74) is 0. The van der Waals surface area contributed by atoms with E-state index in [2.05, 4.69) is 0 Å². The Morgan fingerprint density at radius 2 is 1.12 bits per heavy atom. The van der Waals surface area contributed by atoms with E-state index in [-0.39, 0.29) is 156 Å². The summed E-state index contributed by atoms with van der Waals surface area (Å²) in [5, 5.41) is 0. The van der Waals surface area contributed by atoms with E-state index in [1.165, 1.54) is 0 Å². The molecule has 0 saturated carbocycles. The van der Waals surface area contributed by atoms with Crippen molar-refractivity contribution >= 4 is 76.0 Å². The third kappa shape index (κ3) is 45.2. The molecule has 1 atom stereocenters. The van der Waals surface area contributed by atoms with Gasteiger partial charge in [-0.1, -0.05) is 0 Å². The average Bonchev–Trinajstić information content (AvgIpc) is 0. The molecule has 0 spiro atoms. The van der Waals surface area contributed by atoms with Crippen LogP contribution in [0.5, 0.6) is 0 Å². The van der Waals surface area contributed by atoms with Gasteiger partial charge in [-0.15, -0.1) is 0 Å². The maximum absolute atomic E-state index is 0. The summed E-state index contributed by atoms with van der Waals surface area (Å²) < 4.78 is 0. The summed E-state index contributed by atoms with van der Waals surface area (Å²) in [4.78, 5) is 0. The minimum atomic E-state index is 0. The fraction of sp³-hybridized carbons (Fsp3) is 0. The van der Waals surface area contributed by atoms with Crippen LogP contribution in [-0.2, 0) is 47.3 Å². The van der Waals surface area contributed by atoms with Gasteiger partial charge in [0.15, 0.2) is 17.4 Å². The van der Waals surface area contributed by atoms with Crippen LogP contribution in [-0.4, -0.2) is 66.1 Å². The van der Waals surface area contributed by atoms with Gasteiger partial charge in [0.05, 0.1) is 0 Å². The number of hydrogen-bond donors (Lipinski definition) is 0. The molecule has 0 bridgehead atoms. The molecule has 0 aromatic carbocycles. The van der Waals surface area contributed by atoms with Crippen LogP contribution in [0.25, 0.3) is 0 Å². The summed E-state index contributed by atoms with van der Waals surface area (Å²) >= 11 is 0. The van der Waals surface area contributed by atoms with Gasteiger partial charge in [0.1, 0.15) is 0 Å². The summed E-state index contributed by atoms with van der Waals surface area (Å²) in [5.74, 6) is 0. The van der Waals surface area contributed by atoms with Crippen LogP contribution in [0.1, 0.15) is 2.85 Å². The first-order chi connectivity index (χ1) is 0. The molecule has 0 fully saturated rings. The monoisotopic (exact) mass is 348 g/mol. The van der Waals surface area contributed by atoms with Crippen molar-refractivity contribution in [3.8, 4) is 0 Å². The van der Waals surface area contributed by atoms with E-state index < -0.39 is 0 Å². The Labute approximate surface area is 152 Å². The van der Waals surface area contributed by atoms with Crippen molar-refractivity contribution in [1.29, 1.82) is 0 Å². The predicted molar refractivity (Wildman–Crippen MR) is 41.0 cm³/mol. The van der Waals surface area contributed by atoms with Crippen LogP contribution in [0.3, 0.4) is 0 Å². The van der Waals surface area contributed by atoms with Gasteiger partial charge in [0, 0.05) is 19.5 Å². The SMILES string of the molecule is P.[Ag+].[AlH3].[Ca+2].[H-].[H-].[Na+].[O-2].[SiH4].[Zn]. The molecule has 8 heteroatoms. The first kappa shape index (κ1) is 77.8. The number of hydrogen-bond acceptors (Lipinski definition) is 0.